The number of hydrogen-bond donors (Lipinski definition) is 2. The van der Waals surface area contributed by atoms with Crippen molar-refractivity contribution < 1.29 is 4.79 Å². The molecule has 3 rings (SSSR count). The van der Waals surface area contributed by atoms with E-state index in [2.05, 4.69) is 15.5 Å². The molecule has 0 aliphatic heterocycles. The van der Waals surface area contributed by atoms with E-state index in [1.54, 1.807) is 0 Å². The number of carbonyl (C=O) groups is 1. The van der Waals surface area contributed by atoms with Gasteiger partial charge in [-0.15, -0.1) is 0 Å². The lowest BCUT2D eigenvalue weighted by atomic mass is 10.1. The Morgan fingerprint density at radius 1 is 1.33 bits per heavy atom. The van der Waals surface area contributed by atoms with Crippen LogP contribution in [0.2, 0.25) is 0 Å². The minimum absolute atomic E-state index is 0.0324. The summed E-state index contributed by atoms with van der Waals surface area (Å²) in [6.07, 6.45) is 2.83. The molecule has 4 nitrogen and oxygen atoms in total. The molecule has 4 heteroatoms. The predicted octanol–water partition coefficient (Wildman–Crippen LogP) is 2.47. The summed E-state index contributed by atoms with van der Waals surface area (Å²) in [6, 6.07) is 11.6. The second kappa shape index (κ2) is 4.64. The third-order valence-electron chi connectivity index (χ3n) is 3.09. The van der Waals surface area contributed by atoms with E-state index < -0.39 is 0 Å². The molecule has 2 N–H and O–H groups in total. The van der Waals surface area contributed by atoms with Crippen molar-refractivity contribution in [2.24, 2.45) is 0 Å². The van der Waals surface area contributed by atoms with E-state index in [9.17, 15) is 4.79 Å². The molecule has 0 bridgehead atoms. The van der Waals surface area contributed by atoms with Crippen LogP contribution in [0.4, 0.5) is 5.82 Å². The Hall–Kier alpha value is -2.10. The number of carbonyl (C=O) groups excluding carboxylic acids is 1. The van der Waals surface area contributed by atoms with Crippen molar-refractivity contribution in [2.45, 2.75) is 25.2 Å². The van der Waals surface area contributed by atoms with Gasteiger partial charge in [0, 0.05) is 17.7 Å². The summed E-state index contributed by atoms with van der Waals surface area (Å²) in [7, 11) is 0. The van der Waals surface area contributed by atoms with Gasteiger partial charge in [-0.1, -0.05) is 30.3 Å². The van der Waals surface area contributed by atoms with E-state index >= 15 is 0 Å². The van der Waals surface area contributed by atoms with Crippen molar-refractivity contribution in [1.29, 1.82) is 0 Å². The second-order valence-corrected chi connectivity index (χ2v) is 4.69. The molecule has 0 atom stereocenters. The monoisotopic (exact) mass is 241 g/mol. The Morgan fingerprint density at radius 3 is 2.83 bits per heavy atom. The first-order valence-corrected chi connectivity index (χ1v) is 6.20. The van der Waals surface area contributed by atoms with Crippen molar-refractivity contribution in [3.8, 4) is 0 Å². The van der Waals surface area contributed by atoms with Crippen molar-refractivity contribution >= 4 is 11.7 Å². The van der Waals surface area contributed by atoms with Crippen LogP contribution in [-0.2, 0) is 11.2 Å². The summed E-state index contributed by atoms with van der Waals surface area (Å²) in [4.78, 5) is 11.8. The normalized spacial score (nSPS) is 14.4. The topological polar surface area (TPSA) is 57.8 Å². The minimum atomic E-state index is -0.0324. The highest BCUT2D eigenvalue weighted by Crippen LogP contribution is 2.39. The van der Waals surface area contributed by atoms with Crippen LogP contribution < -0.4 is 5.32 Å². The van der Waals surface area contributed by atoms with E-state index in [4.69, 9.17) is 0 Å². The van der Waals surface area contributed by atoms with Crippen LogP contribution in [0.15, 0.2) is 36.4 Å². The lowest BCUT2D eigenvalue weighted by Gasteiger charge is -2.01. The van der Waals surface area contributed by atoms with Crippen LogP contribution in [0.5, 0.6) is 0 Å². The summed E-state index contributed by atoms with van der Waals surface area (Å²) < 4.78 is 0. The zero-order valence-electron chi connectivity index (χ0n) is 10.0. The Balaban J connectivity index is 1.59. The molecule has 0 radical (unpaired) electrons. The van der Waals surface area contributed by atoms with Crippen LogP contribution in [0.3, 0.4) is 0 Å². The minimum Gasteiger partial charge on any atom is -0.309 e. The molecule has 1 fully saturated rings. The molecule has 2 aromatic rings. The number of nitrogens with one attached hydrogen (secondary N) is 2. The Morgan fingerprint density at radius 2 is 2.11 bits per heavy atom. The van der Waals surface area contributed by atoms with Crippen LogP contribution in [0.1, 0.15) is 30.0 Å². The van der Waals surface area contributed by atoms with Gasteiger partial charge in [-0.05, 0) is 18.4 Å². The van der Waals surface area contributed by atoms with E-state index in [1.165, 1.54) is 12.8 Å². The largest absolute Gasteiger partial charge is 0.309 e. The van der Waals surface area contributed by atoms with Crippen molar-refractivity contribution in [3.63, 3.8) is 0 Å². The Kier molecular flexibility index (Phi) is 2.84. The van der Waals surface area contributed by atoms with Crippen LogP contribution in [-0.4, -0.2) is 16.1 Å². The second-order valence-electron chi connectivity index (χ2n) is 4.69. The Bertz CT molecular complexity index is 543. The quantitative estimate of drug-likeness (QED) is 0.863. The van der Waals surface area contributed by atoms with Gasteiger partial charge >= 0.3 is 0 Å². The fraction of sp³-hybridized carbons (Fsp3) is 0.286. The van der Waals surface area contributed by atoms with Gasteiger partial charge in [0.15, 0.2) is 5.82 Å². The zero-order chi connectivity index (χ0) is 12.4. The molecule has 0 unspecified atom stereocenters. The molecule has 1 heterocycles. The van der Waals surface area contributed by atoms with E-state index in [1.807, 2.05) is 36.4 Å². The number of hydrogen-bond acceptors (Lipinski definition) is 2. The third kappa shape index (κ3) is 2.59. The number of rotatable bonds is 4. The molecule has 0 spiro atoms. The van der Waals surface area contributed by atoms with E-state index in [0.29, 0.717) is 18.2 Å². The molecule has 1 amide bonds. The van der Waals surface area contributed by atoms with Gasteiger partial charge in [0.25, 0.3) is 0 Å². The molecule has 0 saturated heterocycles. The SMILES string of the molecule is O=C(Cc1ccccc1)Nc1cc(C2CC2)[nH]n1. The van der Waals surface area contributed by atoms with Gasteiger partial charge in [-0.25, -0.2) is 0 Å². The average molecular weight is 241 g/mol. The fourth-order valence-electron chi connectivity index (χ4n) is 1.97. The molecule has 1 aromatic heterocycles. The highest BCUT2D eigenvalue weighted by molar-refractivity contribution is 5.91. The number of amides is 1. The molecular weight excluding hydrogens is 226 g/mol. The smallest absolute Gasteiger partial charge is 0.229 e. The first kappa shape index (κ1) is 11.0. The van der Waals surface area contributed by atoms with E-state index in [0.717, 1.165) is 11.3 Å². The molecule has 1 aliphatic carbocycles. The number of aromatic amines is 1. The van der Waals surface area contributed by atoms with E-state index in [-0.39, 0.29) is 5.91 Å². The molecule has 1 saturated carbocycles. The predicted molar refractivity (Wildman–Crippen MR) is 69.3 cm³/mol. The van der Waals surface area contributed by atoms with Crippen LogP contribution in [0, 0.1) is 0 Å². The third-order valence-corrected chi connectivity index (χ3v) is 3.09. The highest BCUT2D eigenvalue weighted by atomic mass is 16.1. The highest BCUT2D eigenvalue weighted by Gasteiger charge is 2.25. The molecule has 1 aliphatic rings. The lowest BCUT2D eigenvalue weighted by Crippen LogP contribution is -2.14. The fourth-order valence-corrected chi connectivity index (χ4v) is 1.97. The summed E-state index contributed by atoms with van der Waals surface area (Å²) in [5.74, 6) is 1.21. The molecule has 18 heavy (non-hydrogen) atoms. The maximum atomic E-state index is 11.8. The van der Waals surface area contributed by atoms with Crippen LogP contribution >= 0.6 is 0 Å². The number of nitrogens with zero attached hydrogens (tertiary/aromatic N) is 1. The molecular formula is C14H15N3O. The summed E-state index contributed by atoms with van der Waals surface area (Å²) in [5.41, 5.74) is 2.14. The zero-order valence-corrected chi connectivity index (χ0v) is 10.0. The first-order valence-electron chi connectivity index (χ1n) is 6.20. The van der Waals surface area contributed by atoms with Crippen molar-refractivity contribution in [1.82, 2.24) is 10.2 Å². The number of H-pyrrole nitrogens is 1. The average Bonchev–Trinajstić information content (AvgIpc) is 3.12. The van der Waals surface area contributed by atoms with Crippen molar-refractivity contribution in [2.75, 3.05) is 5.32 Å². The summed E-state index contributed by atoms with van der Waals surface area (Å²) in [6.45, 7) is 0. The lowest BCUT2D eigenvalue weighted by molar-refractivity contribution is -0.115. The van der Waals surface area contributed by atoms with Crippen molar-refractivity contribution in [3.05, 3.63) is 47.7 Å². The van der Waals surface area contributed by atoms with Gasteiger partial charge in [0.1, 0.15) is 0 Å². The summed E-state index contributed by atoms with van der Waals surface area (Å²) in [5, 5.41) is 9.89. The van der Waals surface area contributed by atoms with Gasteiger partial charge in [-0.2, -0.15) is 5.10 Å². The first-order chi connectivity index (χ1) is 8.81. The number of anilines is 1. The van der Waals surface area contributed by atoms with Crippen LogP contribution in [0.25, 0.3) is 0 Å². The van der Waals surface area contributed by atoms with Gasteiger partial charge < -0.3 is 5.32 Å². The molecule has 1 aromatic carbocycles. The van der Waals surface area contributed by atoms with Gasteiger partial charge in [0.05, 0.1) is 6.42 Å². The standard InChI is InChI=1S/C14H15N3O/c18-14(8-10-4-2-1-3-5-10)15-13-9-12(16-17-13)11-6-7-11/h1-5,9,11H,6-8H2,(H2,15,16,17,18). The maximum absolute atomic E-state index is 11.8. The maximum Gasteiger partial charge on any atom is 0.229 e. The number of benzene rings is 1. The summed E-state index contributed by atoms with van der Waals surface area (Å²) >= 11 is 0. The van der Waals surface area contributed by atoms with Gasteiger partial charge in [-0.3, -0.25) is 9.89 Å². The van der Waals surface area contributed by atoms with Gasteiger partial charge in [0.2, 0.25) is 5.91 Å². The number of aromatic nitrogens is 2. The Labute approximate surface area is 105 Å². The molecule has 92 valence electrons.